The van der Waals surface area contributed by atoms with E-state index in [-0.39, 0.29) is 5.92 Å². The highest BCUT2D eigenvalue weighted by Crippen LogP contribution is 2.38. The van der Waals surface area contributed by atoms with Gasteiger partial charge in [-0.3, -0.25) is 4.79 Å². The number of piperidine rings is 1. The van der Waals surface area contributed by atoms with Crippen molar-refractivity contribution in [2.24, 2.45) is 5.92 Å². The highest BCUT2D eigenvalue weighted by atomic mass is 16.1. The number of ketones is 1. The van der Waals surface area contributed by atoms with E-state index in [1.807, 2.05) is 12.1 Å². The molecule has 0 amide bonds. The maximum Gasteiger partial charge on any atom is 0.166 e. The van der Waals surface area contributed by atoms with E-state index in [1.54, 1.807) is 0 Å². The molecule has 0 N–H and O–H groups in total. The average Bonchev–Trinajstić information content (AvgIpc) is 2.74. The van der Waals surface area contributed by atoms with Gasteiger partial charge >= 0.3 is 0 Å². The second-order valence-corrected chi connectivity index (χ2v) is 6.88. The third-order valence-electron chi connectivity index (χ3n) is 5.53. The first-order chi connectivity index (χ1) is 10.2. The van der Waals surface area contributed by atoms with E-state index in [0.717, 1.165) is 24.8 Å². The van der Waals surface area contributed by atoms with E-state index >= 15 is 0 Å². The zero-order valence-corrected chi connectivity index (χ0v) is 13.3. The molecule has 2 nitrogen and oxygen atoms in total. The molecule has 3 rings (SSSR count). The predicted octanol–water partition coefficient (Wildman–Crippen LogP) is 4.08. The number of hydrogen-bond donors (Lipinski definition) is 0. The molecule has 21 heavy (non-hydrogen) atoms. The fraction of sp³-hybridized carbons (Fsp3) is 0.632. The molecule has 2 bridgehead atoms. The molecular weight excluding hydrogens is 258 g/mol. The van der Waals surface area contributed by atoms with Crippen molar-refractivity contribution >= 4 is 5.78 Å². The molecule has 2 unspecified atom stereocenters. The average molecular weight is 285 g/mol. The van der Waals surface area contributed by atoms with Crippen LogP contribution in [0.5, 0.6) is 0 Å². The second-order valence-electron chi connectivity index (χ2n) is 6.88. The van der Waals surface area contributed by atoms with Crippen LogP contribution in [-0.4, -0.2) is 29.8 Å². The van der Waals surface area contributed by atoms with E-state index < -0.39 is 0 Å². The van der Waals surface area contributed by atoms with Gasteiger partial charge in [0.05, 0.1) is 0 Å². The molecule has 2 heteroatoms. The van der Waals surface area contributed by atoms with Crippen molar-refractivity contribution in [1.29, 1.82) is 0 Å². The number of carbonyl (C=O) groups is 1. The van der Waals surface area contributed by atoms with Crippen molar-refractivity contribution in [3.05, 3.63) is 35.4 Å². The largest absolute Gasteiger partial charge is 0.300 e. The van der Waals surface area contributed by atoms with Gasteiger partial charge in [-0.15, -0.1) is 0 Å². The molecule has 2 atom stereocenters. The van der Waals surface area contributed by atoms with Crippen LogP contribution in [0.3, 0.4) is 0 Å². The Morgan fingerprint density at radius 3 is 2.33 bits per heavy atom. The summed E-state index contributed by atoms with van der Waals surface area (Å²) in [6.45, 7) is 2.21. The first-order valence-corrected chi connectivity index (χ1v) is 8.54. The predicted molar refractivity (Wildman–Crippen MR) is 86.7 cm³/mol. The van der Waals surface area contributed by atoms with E-state index in [0.29, 0.717) is 17.9 Å². The third-order valence-corrected chi connectivity index (χ3v) is 5.53. The van der Waals surface area contributed by atoms with Crippen molar-refractivity contribution in [2.45, 2.75) is 64.0 Å². The Kier molecular flexibility index (Phi) is 4.44. The van der Waals surface area contributed by atoms with Crippen LogP contribution in [0.15, 0.2) is 24.3 Å². The Labute approximate surface area is 128 Å². The number of hydrogen-bond acceptors (Lipinski definition) is 2. The van der Waals surface area contributed by atoms with Crippen molar-refractivity contribution in [2.75, 3.05) is 7.05 Å². The summed E-state index contributed by atoms with van der Waals surface area (Å²) in [6.07, 6.45) is 8.25. The number of rotatable bonds is 5. The normalized spacial score (nSPS) is 28.8. The minimum Gasteiger partial charge on any atom is -0.300 e. The number of fused-ring (bicyclic) bond motifs is 2. The highest BCUT2D eigenvalue weighted by molar-refractivity contribution is 5.98. The summed E-state index contributed by atoms with van der Waals surface area (Å²) in [7, 11) is 2.23. The lowest BCUT2D eigenvalue weighted by atomic mass is 9.85. The van der Waals surface area contributed by atoms with Crippen LogP contribution in [0, 0.1) is 5.92 Å². The number of Topliss-reactive ketones (excluding diaryl/α,β-unsaturated/α-hetero) is 1. The van der Waals surface area contributed by atoms with Crippen LogP contribution in [-0.2, 0) is 6.42 Å². The fourth-order valence-corrected chi connectivity index (χ4v) is 4.08. The number of nitrogens with zero attached hydrogens (tertiary/aromatic N) is 1. The first kappa shape index (κ1) is 14.8. The van der Waals surface area contributed by atoms with E-state index in [9.17, 15) is 4.79 Å². The minimum absolute atomic E-state index is 0.250. The first-order valence-electron chi connectivity index (χ1n) is 8.54. The lowest BCUT2D eigenvalue weighted by molar-refractivity contribution is 0.0767. The van der Waals surface area contributed by atoms with Gasteiger partial charge in [-0.1, -0.05) is 37.6 Å². The summed E-state index contributed by atoms with van der Waals surface area (Å²) in [4.78, 5) is 15.2. The molecular formula is C19H27NO. The van der Waals surface area contributed by atoms with Crippen LogP contribution < -0.4 is 0 Å². The Bertz CT molecular complexity index is 479. The zero-order valence-electron chi connectivity index (χ0n) is 13.3. The van der Waals surface area contributed by atoms with Gasteiger partial charge in [-0.25, -0.2) is 0 Å². The number of carbonyl (C=O) groups excluding carboxylic acids is 1. The molecule has 2 saturated heterocycles. The van der Waals surface area contributed by atoms with Gasteiger partial charge < -0.3 is 4.90 Å². The topological polar surface area (TPSA) is 20.3 Å². The highest BCUT2D eigenvalue weighted by Gasteiger charge is 2.40. The molecule has 2 aliphatic heterocycles. The van der Waals surface area contributed by atoms with Crippen molar-refractivity contribution in [3.8, 4) is 0 Å². The van der Waals surface area contributed by atoms with Gasteiger partial charge in [0.25, 0.3) is 0 Å². The molecule has 114 valence electrons. The molecule has 0 saturated carbocycles. The fourth-order valence-electron chi connectivity index (χ4n) is 4.08. The second kappa shape index (κ2) is 6.31. The Balaban J connectivity index is 1.65. The summed E-state index contributed by atoms with van der Waals surface area (Å²) in [5, 5.41) is 0. The molecule has 0 radical (unpaired) electrons. The lowest BCUT2D eigenvalue weighted by Crippen LogP contribution is -2.42. The molecule has 0 aromatic heterocycles. The molecule has 1 aromatic rings. The summed E-state index contributed by atoms with van der Waals surface area (Å²) in [6, 6.07) is 9.67. The van der Waals surface area contributed by atoms with E-state index in [2.05, 4.69) is 31.0 Å². The lowest BCUT2D eigenvalue weighted by Gasteiger charge is -2.35. The van der Waals surface area contributed by atoms with Gasteiger partial charge in [0.15, 0.2) is 5.78 Å². The number of benzene rings is 1. The molecule has 0 aliphatic carbocycles. The van der Waals surface area contributed by atoms with Crippen LogP contribution in [0.25, 0.3) is 0 Å². The van der Waals surface area contributed by atoms with Crippen LogP contribution in [0.1, 0.15) is 61.4 Å². The zero-order chi connectivity index (χ0) is 14.8. The number of aryl methyl sites for hydroxylation is 1. The quantitative estimate of drug-likeness (QED) is 0.760. The van der Waals surface area contributed by atoms with Crippen LogP contribution in [0.2, 0.25) is 0 Å². The third kappa shape index (κ3) is 3.06. The van der Waals surface area contributed by atoms with Gasteiger partial charge in [0, 0.05) is 23.6 Å². The van der Waals surface area contributed by atoms with Crippen molar-refractivity contribution in [3.63, 3.8) is 0 Å². The summed E-state index contributed by atoms with van der Waals surface area (Å²) in [5.41, 5.74) is 2.28. The smallest absolute Gasteiger partial charge is 0.166 e. The number of unbranched alkanes of at least 4 members (excludes halogenated alkanes) is 1. The molecule has 2 heterocycles. The van der Waals surface area contributed by atoms with Crippen LogP contribution in [0.4, 0.5) is 0 Å². The maximum atomic E-state index is 12.7. The van der Waals surface area contributed by atoms with E-state index in [1.165, 1.54) is 31.2 Å². The van der Waals surface area contributed by atoms with Gasteiger partial charge in [0.1, 0.15) is 0 Å². The standard InChI is InChI=1S/C19H27NO/c1-3-4-5-14-6-8-15(9-7-14)19(21)16-12-17-10-11-18(13-16)20(17)2/h6-9,16-18H,3-5,10-13H2,1-2H3. The van der Waals surface area contributed by atoms with Crippen LogP contribution >= 0.6 is 0 Å². The van der Waals surface area contributed by atoms with Crippen molar-refractivity contribution < 1.29 is 4.79 Å². The Hall–Kier alpha value is -1.15. The SMILES string of the molecule is CCCCc1ccc(C(=O)C2CC3CCC(C2)N3C)cc1. The van der Waals surface area contributed by atoms with Gasteiger partial charge in [-0.2, -0.15) is 0 Å². The maximum absolute atomic E-state index is 12.7. The molecule has 1 aromatic carbocycles. The van der Waals surface area contributed by atoms with E-state index in [4.69, 9.17) is 0 Å². The monoisotopic (exact) mass is 285 g/mol. The summed E-state index contributed by atoms with van der Waals surface area (Å²) < 4.78 is 0. The summed E-state index contributed by atoms with van der Waals surface area (Å²) >= 11 is 0. The summed E-state index contributed by atoms with van der Waals surface area (Å²) in [5.74, 6) is 0.627. The molecule has 2 aliphatic rings. The molecule has 0 spiro atoms. The minimum atomic E-state index is 0.250. The van der Waals surface area contributed by atoms with Crippen molar-refractivity contribution in [1.82, 2.24) is 4.90 Å². The van der Waals surface area contributed by atoms with Gasteiger partial charge in [0.2, 0.25) is 0 Å². The Morgan fingerprint density at radius 2 is 1.76 bits per heavy atom. The van der Waals surface area contributed by atoms with Gasteiger partial charge in [-0.05, 0) is 51.1 Å². The molecule has 2 fully saturated rings. The Morgan fingerprint density at radius 1 is 1.14 bits per heavy atom.